The summed E-state index contributed by atoms with van der Waals surface area (Å²) in [5.74, 6) is 0.647. The third-order valence-electron chi connectivity index (χ3n) is 2.24. The Balaban J connectivity index is 2.27. The van der Waals surface area contributed by atoms with Crippen LogP contribution in [0.1, 0.15) is 0 Å². The lowest BCUT2D eigenvalue weighted by atomic mass is 10.1. The zero-order valence-electron chi connectivity index (χ0n) is 9.18. The number of benzene rings is 1. The van der Waals surface area contributed by atoms with Crippen molar-refractivity contribution >= 4 is 28.8 Å². The molecule has 2 rings (SSSR count). The summed E-state index contributed by atoms with van der Waals surface area (Å²) in [6, 6.07) is 7.27. The molecule has 0 atom stereocenters. The summed E-state index contributed by atoms with van der Waals surface area (Å²) in [6.45, 7) is 0. The van der Waals surface area contributed by atoms with Gasteiger partial charge in [-0.15, -0.1) is 0 Å². The second-order valence-electron chi connectivity index (χ2n) is 3.42. The van der Waals surface area contributed by atoms with E-state index in [4.69, 9.17) is 16.3 Å². The third-order valence-corrected chi connectivity index (χ3v) is 2.54. The van der Waals surface area contributed by atoms with Crippen LogP contribution in [0.4, 0.5) is 5.69 Å². The van der Waals surface area contributed by atoms with E-state index in [-0.39, 0.29) is 5.78 Å². The van der Waals surface area contributed by atoms with Gasteiger partial charge >= 0.3 is 0 Å². The molecule has 4 heteroatoms. The lowest BCUT2D eigenvalue weighted by Crippen LogP contribution is -2.03. The molecule has 1 aliphatic carbocycles. The number of nitrogens with zero attached hydrogens (tertiary/aromatic N) is 1. The Hall–Kier alpha value is -1.87. The van der Waals surface area contributed by atoms with Gasteiger partial charge in [0, 0.05) is 6.08 Å². The van der Waals surface area contributed by atoms with E-state index >= 15 is 0 Å². The summed E-state index contributed by atoms with van der Waals surface area (Å²) in [6.07, 6.45) is 4.40. The van der Waals surface area contributed by atoms with Gasteiger partial charge in [0.15, 0.2) is 5.78 Å². The molecule has 3 nitrogen and oxygen atoms in total. The standard InChI is InChI=1S/C13H10ClNO2/c1-17-11-5-2-9(3-6-11)15-13-7-4-10(16)8-12(13)14/h2-8H,1H3. The number of rotatable bonds is 2. The Morgan fingerprint density at radius 1 is 1.18 bits per heavy atom. The molecule has 0 saturated carbocycles. The van der Waals surface area contributed by atoms with Gasteiger partial charge in [-0.05, 0) is 36.4 Å². The van der Waals surface area contributed by atoms with E-state index in [1.165, 1.54) is 12.2 Å². The number of allylic oxidation sites excluding steroid dienone is 4. The van der Waals surface area contributed by atoms with Gasteiger partial charge in [0.25, 0.3) is 0 Å². The van der Waals surface area contributed by atoms with Gasteiger partial charge in [-0.2, -0.15) is 0 Å². The van der Waals surface area contributed by atoms with Crippen molar-refractivity contribution in [2.75, 3.05) is 7.11 Å². The maximum atomic E-state index is 11.0. The fourth-order valence-corrected chi connectivity index (χ4v) is 1.59. The molecule has 0 heterocycles. The van der Waals surface area contributed by atoms with Crippen LogP contribution in [0.2, 0.25) is 0 Å². The highest BCUT2D eigenvalue weighted by atomic mass is 35.5. The first-order valence-corrected chi connectivity index (χ1v) is 5.39. The van der Waals surface area contributed by atoms with Crippen LogP contribution >= 0.6 is 11.6 Å². The summed E-state index contributed by atoms with van der Waals surface area (Å²) in [4.78, 5) is 15.4. The number of hydrogen-bond donors (Lipinski definition) is 0. The van der Waals surface area contributed by atoms with Crippen LogP contribution in [0.5, 0.6) is 5.75 Å². The number of carbonyl (C=O) groups excluding carboxylic acids is 1. The molecule has 0 spiro atoms. The fourth-order valence-electron chi connectivity index (χ4n) is 1.37. The largest absolute Gasteiger partial charge is 0.497 e. The number of ketones is 1. The first-order chi connectivity index (χ1) is 8.19. The number of ether oxygens (including phenoxy) is 1. The van der Waals surface area contributed by atoms with Crippen LogP contribution < -0.4 is 4.74 Å². The van der Waals surface area contributed by atoms with E-state index < -0.39 is 0 Å². The first-order valence-electron chi connectivity index (χ1n) is 5.01. The van der Waals surface area contributed by atoms with E-state index in [0.29, 0.717) is 10.7 Å². The van der Waals surface area contributed by atoms with Crippen molar-refractivity contribution in [2.24, 2.45) is 4.99 Å². The minimum atomic E-state index is -0.122. The zero-order chi connectivity index (χ0) is 12.3. The highest BCUT2D eigenvalue weighted by Gasteiger charge is 2.08. The van der Waals surface area contributed by atoms with Crippen LogP contribution in [0.25, 0.3) is 0 Å². The average Bonchev–Trinajstić information content (AvgIpc) is 2.34. The van der Waals surface area contributed by atoms with Crippen LogP contribution in [0, 0.1) is 0 Å². The lowest BCUT2D eigenvalue weighted by Gasteiger charge is -2.04. The highest BCUT2D eigenvalue weighted by Crippen LogP contribution is 2.21. The summed E-state index contributed by atoms with van der Waals surface area (Å²) < 4.78 is 5.05. The molecule has 86 valence electrons. The van der Waals surface area contributed by atoms with Gasteiger partial charge in [0.2, 0.25) is 0 Å². The fraction of sp³-hybridized carbons (Fsp3) is 0.0769. The summed E-state index contributed by atoms with van der Waals surface area (Å²) >= 11 is 5.92. The molecule has 1 aliphatic rings. The predicted molar refractivity (Wildman–Crippen MR) is 68.2 cm³/mol. The molecule has 0 unspecified atom stereocenters. The van der Waals surface area contributed by atoms with Gasteiger partial charge < -0.3 is 4.74 Å². The molecule has 1 aromatic carbocycles. The molecule has 0 N–H and O–H groups in total. The van der Waals surface area contributed by atoms with Gasteiger partial charge in [-0.3, -0.25) is 4.79 Å². The Morgan fingerprint density at radius 3 is 2.47 bits per heavy atom. The van der Waals surface area contributed by atoms with Gasteiger partial charge in [-0.1, -0.05) is 11.6 Å². The zero-order valence-corrected chi connectivity index (χ0v) is 9.94. The Labute approximate surface area is 104 Å². The number of methoxy groups -OCH3 is 1. The SMILES string of the molecule is COc1ccc(N=C2C=CC(=O)C=C2Cl)cc1. The minimum Gasteiger partial charge on any atom is -0.497 e. The summed E-state index contributed by atoms with van der Waals surface area (Å²) in [5, 5.41) is 0.355. The molecule has 17 heavy (non-hydrogen) atoms. The molecule has 0 radical (unpaired) electrons. The maximum absolute atomic E-state index is 11.0. The monoisotopic (exact) mass is 247 g/mol. The third kappa shape index (κ3) is 2.82. The van der Waals surface area contributed by atoms with Crippen LogP contribution in [-0.4, -0.2) is 18.6 Å². The van der Waals surface area contributed by atoms with Crippen molar-refractivity contribution in [1.82, 2.24) is 0 Å². The quantitative estimate of drug-likeness (QED) is 0.754. The van der Waals surface area contributed by atoms with E-state index in [1.807, 2.05) is 24.3 Å². The highest BCUT2D eigenvalue weighted by molar-refractivity contribution is 6.48. The number of hydrogen-bond acceptors (Lipinski definition) is 3. The van der Waals surface area contributed by atoms with Crippen molar-refractivity contribution in [1.29, 1.82) is 0 Å². The minimum absolute atomic E-state index is 0.122. The molecular weight excluding hydrogens is 238 g/mol. The maximum Gasteiger partial charge on any atom is 0.180 e. The van der Waals surface area contributed by atoms with Crippen molar-refractivity contribution in [3.05, 3.63) is 47.5 Å². The Morgan fingerprint density at radius 2 is 1.88 bits per heavy atom. The molecule has 0 aliphatic heterocycles. The lowest BCUT2D eigenvalue weighted by molar-refractivity contribution is -0.110. The topological polar surface area (TPSA) is 38.7 Å². The van der Waals surface area contributed by atoms with Crippen LogP contribution in [0.15, 0.2) is 52.5 Å². The van der Waals surface area contributed by atoms with Crippen molar-refractivity contribution < 1.29 is 9.53 Å². The van der Waals surface area contributed by atoms with Gasteiger partial charge in [-0.25, -0.2) is 4.99 Å². The van der Waals surface area contributed by atoms with Crippen molar-refractivity contribution in [3.63, 3.8) is 0 Å². The number of carbonyl (C=O) groups is 1. The molecule has 0 amide bonds. The first kappa shape index (κ1) is 11.6. The van der Waals surface area contributed by atoms with E-state index in [2.05, 4.69) is 4.99 Å². The number of aliphatic imine (C=N–C) groups is 1. The van der Waals surface area contributed by atoms with Crippen molar-refractivity contribution in [2.45, 2.75) is 0 Å². The van der Waals surface area contributed by atoms with Crippen LogP contribution in [0.3, 0.4) is 0 Å². The van der Waals surface area contributed by atoms with Gasteiger partial charge in [0.05, 0.1) is 23.5 Å². The Kier molecular flexibility index (Phi) is 3.40. The molecular formula is C13H10ClNO2. The average molecular weight is 248 g/mol. The molecule has 0 saturated heterocycles. The normalized spacial score (nSPS) is 17.2. The predicted octanol–water partition coefficient (Wildman–Crippen LogP) is 3.03. The summed E-state index contributed by atoms with van der Waals surface area (Å²) in [7, 11) is 1.61. The van der Waals surface area contributed by atoms with E-state index in [0.717, 1.165) is 11.4 Å². The summed E-state index contributed by atoms with van der Waals surface area (Å²) in [5.41, 5.74) is 1.34. The second kappa shape index (κ2) is 4.97. The molecule has 0 fully saturated rings. The molecule has 1 aromatic rings. The smallest absolute Gasteiger partial charge is 0.180 e. The molecule has 0 aromatic heterocycles. The second-order valence-corrected chi connectivity index (χ2v) is 3.83. The Bertz CT molecular complexity index is 527. The van der Waals surface area contributed by atoms with Crippen LogP contribution in [-0.2, 0) is 4.79 Å². The van der Waals surface area contributed by atoms with Crippen molar-refractivity contribution in [3.8, 4) is 5.75 Å². The van der Waals surface area contributed by atoms with E-state index in [9.17, 15) is 4.79 Å². The van der Waals surface area contributed by atoms with Gasteiger partial charge in [0.1, 0.15) is 5.75 Å². The van der Waals surface area contributed by atoms with E-state index in [1.54, 1.807) is 13.2 Å². The number of halogens is 1. The molecule has 0 bridgehead atoms.